The van der Waals surface area contributed by atoms with E-state index in [0.717, 1.165) is 11.1 Å². The molecule has 29 heavy (non-hydrogen) atoms. The normalized spacial score (nSPS) is 14.2. The summed E-state index contributed by atoms with van der Waals surface area (Å²) < 4.78 is 11.6. The van der Waals surface area contributed by atoms with E-state index in [9.17, 15) is 9.59 Å². The third-order valence-electron chi connectivity index (χ3n) is 4.91. The lowest BCUT2D eigenvalue weighted by molar-refractivity contribution is 0.0272. The molecule has 0 atom stereocenters. The zero-order valence-electron chi connectivity index (χ0n) is 16.3. The monoisotopic (exact) mass is 395 g/mol. The van der Waals surface area contributed by atoms with Gasteiger partial charge in [0, 0.05) is 24.7 Å². The lowest BCUT2D eigenvalue weighted by Gasteiger charge is -2.25. The quantitative estimate of drug-likeness (QED) is 0.658. The van der Waals surface area contributed by atoms with Gasteiger partial charge in [-0.25, -0.2) is 4.68 Å². The molecule has 0 bridgehead atoms. The van der Waals surface area contributed by atoms with Gasteiger partial charge in [0.2, 0.25) is 0 Å². The molecule has 2 aromatic heterocycles. The summed E-state index contributed by atoms with van der Waals surface area (Å²) in [6.07, 6.45) is 0. The summed E-state index contributed by atoms with van der Waals surface area (Å²) in [5.41, 5.74) is 3.63. The van der Waals surface area contributed by atoms with E-state index in [1.807, 2.05) is 32.0 Å². The van der Waals surface area contributed by atoms with Crippen molar-refractivity contribution in [3.8, 4) is 11.3 Å². The highest BCUT2D eigenvalue weighted by Crippen LogP contribution is 2.19. The molecule has 0 spiro atoms. The van der Waals surface area contributed by atoms with E-state index < -0.39 is 0 Å². The summed E-state index contributed by atoms with van der Waals surface area (Å²) in [7, 11) is 0. The molecule has 4 rings (SSSR count). The maximum atomic E-state index is 12.4. The predicted octanol–water partition coefficient (Wildman–Crippen LogP) is 1.43. The van der Waals surface area contributed by atoms with Gasteiger partial charge in [0.15, 0.2) is 5.82 Å². The summed E-state index contributed by atoms with van der Waals surface area (Å²) in [6, 6.07) is 9.15. The minimum absolute atomic E-state index is 0.0113. The standard InChI is InChI=1S/C20H21N5O4/c1-13-3-4-15(11-14(13)2)16-5-6-18(26)25(22-16)12-17-21-19(29-23-17)20(27)24-7-9-28-10-8-24/h3-6,11H,7-10,12H2,1-2H3. The van der Waals surface area contributed by atoms with E-state index >= 15 is 0 Å². The van der Waals surface area contributed by atoms with E-state index in [1.165, 1.54) is 16.3 Å². The topological polar surface area (TPSA) is 103 Å². The first-order valence-corrected chi connectivity index (χ1v) is 9.36. The van der Waals surface area contributed by atoms with Gasteiger partial charge >= 0.3 is 11.8 Å². The minimum atomic E-state index is -0.337. The maximum absolute atomic E-state index is 12.4. The van der Waals surface area contributed by atoms with Crippen molar-refractivity contribution < 1.29 is 14.1 Å². The molecule has 1 fully saturated rings. The molecule has 0 unspecified atom stereocenters. The highest BCUT2D eigenvalue weighted by molar-refractivity contribution is 5.89. The van der Waals surface area contributed by atoms with E-state index in [-0.39, 0.29) is 29.7 Å². The fourth-order valence-corrected chi connectivity index (χ4v) is 3.06. The number of ether oxygens (including phenoxy) is 1. The number of nitrogens with zero attached hydrogens (tertiary/aromatic N) is 5. The van der Waals surface area contributed by atoms with Crippen LogP contribution in [0.2, 0.25) is 0 Å². The number of carbonyl (C=O) groups excluding carboxylic acids is 1. The van der Waals surface area contributed by atoms with Crippen LogP contribution < -0.4 is 5.56 Å². The second kappa shape index (κ2) is 7.96. The Balaban J connectivity index is 1.55. The van der Waals surface area contributed by atoms with Crippen molar-refractivity contribution in [2.24, 2.45) is 0 Å². The third-order valence-corrected chi connectivity index (χ3v) is 4.91. The Labute approximate surface area is 166 Å². The van der Waals surface area contributed by atoms with Gasteiger partial charge < -0.3 is 14.2 Å². The Morgan fingerprint density at radius 1 is 1.10 bits per heavy atom. The molecule has 0 aliphatic carbocycles. The smallest absolute Gasteiger partial charge is 0.316 e. The number of aromatic nitrogens is 4. The number of rotatable bonds is 4. The SMILES string of the molecule is Cc1ccc(-c2ccc(=O)n(Cc3noc(C(=O)N4CCOCC4)n3)n2)cc1C. The van der Waals surface area contributed by atoms with E-state index in [4.69, 9.17) is 9.26 Å². The fourth-order valence-electron chi connectivity index (χ4n) is 3.06. The summed E-state index contributed by atoms with van der Waals surface area (Å²) in [4.78, 5) is 30.4. The van der Waals surface area contributed by atoms with Crippen LogP contribution in [0.3, 0.4) is 0 Å². The van der Waals surface area contributed by atoms with Gasteiger partial charge in [-0.3, -0.25) is 9.59 Å². The second-order valence-corrected chi connectivity index (χ2v) is 6.93. The minimum Gasteiger partial charge on any atom is -0.378 e. The van der Waals surface area contributed by atoms with Crippen LogP contribution in [0.25, 0.3) is 11.3 Å². The summed E-state index contributed by atoms with van der Waals surface area (Å²) in [6.45, 7) is 6.01. The number of amides is 1. The first kappa shape index (κ1) is 19.0. The Bertz CT molecular complexity index is 1100. The molecule has 150 valence electrons. The van der Waals surface area contributed by atoms with Crippen molar-refractivity contribution in [2.75, 3.05) is 26.3 Å². The summed E-state index contributed by atoms with van der Waals surface area (Å²) in [5, 5.41) is 8.26. The first-order valence-electron chi connectivity index (χ1n) is 9.36. The number of hydrogen-bond donors (Lipinski definition) is 0. The molecule has 3 aromatic rings. The molecule has 1 saturated heterocycles. The Morgan fingerprint density at radius 2 is 1.90 bits per heavy atom. The van der Waals surface area contributed by atoms with Crippen molar-refractivity contribution >= 4 is 5.91 Å². The summed E-state index contributed by atoms with van der Waals surface area (Å²) >= 11 is 0. The second-order valence-electron chi connectivity index (χ2n) is 6.93. The average molecular weight is 395 g/mol. The van der Waals surface area contributed by atoms with E-state index in [2.05, 4.69) is 15.2 Å². The molecule has 0 saturated carbocycles. The number of benzene rings is 1. The molecule has 3 heterocycles. The molecule has 0 radical (unpaired) electrons. The van der Waals surface area contributed by atoms with E-state index in [1.54, 1.807) is 11.0 Å². The van der Waals surface area contributed by atoms with Crippen LogP contribution in [0, 0.1) is 13.8 Å². The largest absolute Gasteiger partial charge is 0.378 e. The van der Waals surface area contributed by atoms with Gasteiger partial charge in [0.1, 0.15) is 6.54 Å². The molecular formula is C20H21N5O4. The van der Waals surface area contributed by atoms with Crippen LogP contribution in [0.1, 0.15) is 27.6 Å². The van der Waals surface area contributed by atoms with Gasteiger partial charge in [0.05, 0.1) is 18.9 Å². The fraction of sp³-hybridized carbons (Fsp3) is 0.350. The van der Waals surface area contributed by atoms with Gasteiger partial charge in [-0.2, -0.15) is 10.1 Å². The highest BCUT2D eigenvalue weighted by atomic mass is 16.5. The third kappa shape index (κ3) is 4.09. The van der Waals surface area contributed by atoms with Gasteiger partial charge in [-0.1, -0.05) is 17.3 Å². The lowest BCUT2D eigenvalue weighted by Crippen LogP contribution is -2.40. The Hall–Kier alpha value is -3.33. The molecule has 1 amide bonds. The van der Waals surface area contributed by atoms with Crippen molar-refractivity contribution in [1.29, 1.82) is 0 Å². The van der Waals surface area contributed by atoms with Crippen LogP contribution >= 0.6 is 0 Å². The van der Waals surface area contributed by atoms with Gasteiger partial charge in [-0.15, -0.1) is 0 Å². The maximum Gasteiger partial charge on any atom is 0.316 e. The molecule has 9 nitrogen and oxygen atoms in total. The van der Waals surface area contributed by atoms with Crippen molar-refractivity contribution in [3.63, 3.8) is 0 Å². The Morgan fingerprint density at radius 3 is 2.66 bits per heavy atom. The van der Waals surface area contributed by atoms with E-state index in [0.29, 0.717) is 32.0 Å². The number of hydrogen-bond acceptors (Lipinski definition) is 7. The summed E-state index contributed by atoms with van der Waals surface area (Å²) in [5.74, 6) is -0.218. The van der Waals surface area contributed by atoms with Crippen LogP contribution in [0.15, 0.2) is 39.6 Å². The zero-order chi connectivity index (χ0) is 20.4. The molecule has 0 N–H and O–H groups in total. The Kier molecular flexibility index (Phi) is 5.22. The highest BCUT2D eigenvalue weighted by Gasteiger charge is 2.24. The predicted molar refractivity (Wildman–Crippen MR) is 104 cm³/mol. The van der Waals surface area contributed by atoms with Crippen LogP contribution in [0.4, 0.5) is 0 Å². The molecular weight excluding hydrogens is 374 g/mol. The van der Waals surface area contributed by atoms with Crippen molar-refractivity contribution in [1.82, 2.24) is 24.8 Å². The van der Waals surface area contributed by atoms with Crippen LogP contribution in [-0.2, 0) is 11.3 Å². The van der Waals surface area contributed by atoms with Crippen LogP contribution in [-0.4, -0.2) is 57.0 Å². The lowest BCUT2D eigenvalue weighted by atomic mass is 10.0. The zero-order valence-corrected chi connectivity index (χ0v) is 16.3. The van der Waals surface area contributed by atoms with Crippen LogP contribution in [0.5, 0.6) is 0 Å². The van der Waals surface area contributed by atoms with Gasteiger partial charge in [0.25, 0.3) is 5.56 Å². The molecule has 1 aliphatic heterocycles. The number of aryl methyl sites for hydroxylation is 2. The van der Waals surface area contributed by atoms with Gasteiger partial charge in [-0.05, 0) is 37.1 Å². The van der Waals surface area contributed by atoms with Crippen molar-refractivity contribution in [2.45, 2.75) is 20.4 Å². The number of carbonyl (C=O) groups is 1. The molecule has 1 aliphatic rings. The average Bonchev–Trinajstić information content (AvgIpc) is 3.20. The molecule has 9 heteroatoms. The first-order chi connectivity index (χ1) is 14.0. The number of morpholine rings is 1. The molecule has 1 aromatic carbocycles. The van der Waals surface area contributed by atoms with Crippen molar-refractivity contribution in [3.05, 3.63) is 63.5 Å².